The third-order valence-corrected chi connectivity index (χ3v) is 4.85. The molecular weight excluding hydrogens is 346 g/mol. The summed E-state index contributed by atoms with van der Waals surface area (Å²) in [6.45, 7) is 4.33. The molecular formula is C20H23N3O4. The van der Waals surface area contributed by atoms with Crippen LogP contribution in [0, 0.1) is 0 Å². The van der Waals surface area contributed by atoms with Crippen LogP contribution in [0.1, 0.15) is 44.8 Å². The second-order valence-corrected chi connectivity index (χ2v) is 6.35. The van der Waals surface area contributed by atoms with Gasteiger partial charge in [-0.2, -0.15) is 0 Å². The predicted octanol–water partition coefficient (Wildman–Crippen LogP) is 2.09. The Kier molecular flexibility index (Phi) is 6.18. The van der Waals surface area contributed by atoms with Gasteiger partial charge >= 0.3 is 0 Å². The highest BCUT2D eigenvalue weighted by atomic mass is 16.7. The van der Waals surface area contributed by atoms with Crippen LogP contribution in [0.5, 0.6) is 0 Å². The molecule has 142 valence electrons. The number of nitrogens with zero attached hydrogens (tertiary/aromatic N) is 1. The number of rotatable bonds is 6. The number of amides is 2. The van der Waals surface area contributed by atoms with Crippen LogP contribution in [-0.2, 0) is 11.3 Å². The van der Waals surface area contributed by atoms with Gasteiger partial charge in [0.05, 0.1) is 12.6 Å². The molecule has 0 radical (unpaired) electrons. The standard InChI is InChI=1S/C20H23N3O4/c1-2-23-12-11-14-5-3-4-6-17(14)18(23)13-27-22-20(25)16-9-7-15(8-10-16)19(24)21-26/h3-10,18,26H,2,11-13H2,1H3,(H,21,24)(H,22,25). The first kappa shape index (κ1) is 19.0. The molecule has 1 heterocycles. The molecule has 1 unspecified atom stereocenters. The summed E-state index contributed by atoms with van der Waals surface area (Å²) < 4.78 is 0. The number of likely N-dealkylation sites (N-methyl/N-ethyl adjacent to an activating group) is 1. The van der Waals surface area contributed by atoms with E-state index in [1.807, 2.05) is 12.1 Å². The van der Waals surface area contributed by atoms with Crippen molar-refractivity contribution in [1.29, 1.82) is 0 Å². The van der Waals surface area contributed by atoms with Gasteiger partial charge in [-0.05, 0) is 48.4 Å². The summed E-state index contributed by atoms with van der Waals surface area (Å²) in [5, 5.41) is 8.62. The molecule has 7 nitrogen and oxygen atoms in total. The summed E-state index contributed by atoms with van der Waals surface area (Å²) in [5.41, 5.74) is 7.19. The molecule has 0 saturated heterocycles. The van der Waals surface area contributed by atoms with E-state index in [0.717, 1.165) is 19.5 Å². The van der Waals surface area contributed by atoms with Crippen LogP contribution in [-0.4, -0.2) is 41.6 Å². The van der Waals surface area contributed by atoms with E-state index < -0.39 is 11.8 Å². The van der Waals surface area contributed by atoms with E-state index in [1.165, 1.54) is 35.4 Å². The Balaban J connectivity index is 1.60. The average molecular weight is 369 g/mol. The van der Waals surface area contributed by atoms with Gasteiger partial charge in [0.2, 0.25) is 0 Å². The number of carbonyl (C=O) groups excluding carboxylic acids is 2. The number of nitrogens with one attached hydrogen (secondary N) is 2. The number of benzene rings is 2. The topological polar surface area (TPSA) is 90.9 Å². The molecule has 2 aromatic rings. The molecule has 2 amide bonds. The second kappa shape index (κ2) is 8.77. The molecule has 0 bridgehead atoms. The SMILES string of the molecule is CCN1CCc2ccccc2C1CONC(=O)c1ccc(C(=O)NO)cc1. The number of hydrogen-bond acceptors (Lipinski definition) is 5. The molecule has 27 heavy (non-hydrogen) atoms. The van der Waals surface area contributed by atoms with Crippen molar-refractivity contribution >= 4 is 11.8 Å². The van der Waals surface area contributed by atoms with Gasteiger partial charge in [-0.3, -0.25) is 24.5 Å². The maximum atomic E-state index is 12.2. The molecule has 2 aromatic carbocycles. The highest BCUT2D eigenvalue weighted by Crippen LogP contribution is 2.29. The van der Waals surface area contributed by atoms with Gasteiger partial charge < -0.3 is 0 Å². The van der Waals surface area contributed by atoms with Crippen LogP contribution in [0.25, 0.3) is 0 Å². The fourth-order valence-corrected chi connectivity index (χ4v) is 3.36. The van der Waals surface area contributed by atoms with Crippen molar-refractivity contribution in [3.8, 4) is 0 Å². The molecule has 3 rings (SSSR count). The van der Waals surface area contributed by atoms with Crippen molar-refractivity contribution < 1.29 is 19.6 Å². The van der Waals surface area contributed by atoms with E-state index in [0.29, 0.717) is 12.2 Å². The van der Waals surface area contributed by atoms with Crippen molar-refractivity contribution in [2.45, 2.75) is 19.4 Å². The van der Waals surface area contributed by atoms with Crippen molar-refractivity contribution in [1.82, 2.24) is 15.9 Å². The molecule has 0 spiro atoms. The average Bonchev–Trinajstić information content (AvgIpc) is 2.73. The monoisotopic (exact) mass is 369 g/mol. The van der Waals surface area contributed by atoms with Crippen molar-refractivity contribution in [3.05, 3.63) is 70.8 Å². The molecule has 1 atom stereocenters. The summed E-state index contributed by atoms with van der Waals surface area (Å²) in [5.74, 6) is -1.02. The number of carbonyl (C=O) groups is 2. The first-order valence-electron chi connectivity index (χ1n) is 8.92. The highest BCUT2D eigenvalue weighted by molar-refractivity contribution is 5.97. The molecule has 1 aliphatic heterocycles. The summed E-state index contributed by atoms with van der Waals surface area (Å²) in [6.07, 6.45) is 1.01. The van der Waals surface area contributed by atoms with E-state index in [-0.39, 0.29) is 11.6 Å². The Bertz CT molecular complexity index is 807. The van der Waals surface area contributed by atoms with Crippen molar-refractivity contribution in [3.63, 3.8) is 0 Å². The van der Waals surface area contributed by atoms with E-state index in [2.05, 4.69) is 29.4 Å². The lowest BCUT2D eigenvalue weighted by Gasteiger charge is -2.36. The van der Waals surface area contributed by atoms with Gasteiger partial charge in [0.15, 0.2) is 0 Å². The minimum Gasteiger partial charge on any atom is -0.294 e. The van der Waals surface area contributed by atoms with Gasteiger partial charge in [-0.1, -0.05) is 31.2 Å². The summed E-state index contributed by atoms with van der Waals surface area (Å²) in [4.78, 5) is 31.4. The maximum absolute atomic E-state index is 12.2. The van der Waals surface area contributed by atoms with Crippen molar-refractivity contribution in [2.75, 3.05) is 19.7 Å². The van der Waals surface area contributed by atoms with Crippen molar-refractivity contribution in [2.24, 2.45) is 0 Å². The lowest BCUT2D eigenvalue weighted by molar-refractivity contribution is -0.000856. The zero-order valence-electron chi connectivity index (χ0n) is 15.1. The number of hydrogen-bond donors (Lipinski definition) is 3. The molecule has 1 aliphatic rings. The maximum Gasteiger partial charge on any atom is 0.274 e. The van der Waals surface area contributed by atoms with E-state index in [4.69, 9.17) is 10.0 Å². The first-order valence-corrected chi connectivity index (χ1v) is 8.92. The minimum absolute atomic E-state index is 0.0934. The van der Waals surface area contributed by atoms with Gasteiger partial charge in [-0.15, -0.1) is 0 Å². The fraction of sp³-hybridized carbons (Fsp3) is 0.300. The molecule has 0 fully saturated rings. The van der Waals surface area contributed by atoms with Gasteiger partial charge in [0.25, 0.3) is 11.8 Å². The Morgan fingerprint density at radius 1 is 1.11 bits per heavy atom. The van der Waals surface area contributed by atoms with Crippen LogP contribution in [0.15, 0.2) is 48.5 Å². The third-order valence-electron chi connectivity index (χ3n) is 4.85. The Labute approximate surface area is 157 Å². The van der Waals surface area contributed by atoms with Crippen LogP contribution in [0.3, 0.4) is 0 Å². The second-order valence-electron chi connectivity index (χ2n) is 6.35. The number of hydroxylamine groups is 2. The molecule has 7 heteroatoms. The third kappa shape index (κ3) is 4.33. The lowest BCUT2D eigenvalue weighted by Crippen LogP contribution is -2.39. The van der Waals surface area contributed by atoms with Crippen LogP contribution in [0.2, 0.25) is 0 Å². The smallest absolute Gasteiger partial charge is 0.274 e. The first-order chi connectivity index (χ1) is 13.1. The Morgan fingerprint density at radius 3 is 2.44 bits per heavy atom. The number of fused-ring (bicyclic) bond motifs is 1. The largest absolute Gasteiger partial charge is 0.294 e. The van der Waals surface area contributed by atoms with E-state index in [9.17, 15) is 9.59 Å². The zero-order chi connectivity index (χ0) is 19.2. The van der Waals surface area contributed by atoms with Crippen LogP contribution >= 0.6 is 0 Å². The Morgan fingerprint density at radius 2 is 1.78 bits per heavy atom. The van der Waals surface area contributed by atoms with Gasteiger partial charge in [-0.25, -0.2) is 11.0 Å². The lowest BCUT2D eigenvalue weighted by atomic mass is 9.93. The summed E-state index contributed by atoms with van der Waals surface area (Å²) in [7, 11) is 0. The quantitative estimate of drug-likeness (QED) is 0.536. The molecule has 0 saturated carbocycles. The van der Waals surface area contributed by atoms with E-state index >= 15 is 0 Å². The molecule has 3 N–H and O–H groups in total. The van der Waals surface area contributed by atoms with Crippen LogP contribution < -0.4 is 11.0 Å². The van der Waals surface area contributed by atoms with Gasteiger partial charge in [0, 0.05) is 17.7 Å². The summed E-state index contributed by atoms with van der Waals surface area (Å²) >= 11 is 0. The van der Waals surface area contributed by atoms with E-state index in [1.54, 1.807) is 5.48 Å². The normalized spacial score (nSPS) is 16.4. The zero-order valence-corrected chi connectivity index (χ0v) is 15.1. The fourth-order valence-electron chi connectivity index (χ4n) is 3.36. The predicted molar refractivity (Wildman–Crippen MR) is 99.2 cm³/mol. The molecule has 0 aliphatic carbocycles. The highest BCUT2D eigenvalue weighted by Gasteiger charge is 2.26. The summed E-state index contributed by atoms with van der Waals surface area (Å²) in [6, 6.07) is 14.3. The Hall–Kier alpha value is -2.74. The van der Waals surface area contributed by atoms with Crippen LogP contribution in [0.4, 0.5) is 0 Å². The van der Waals surface area contributed by atoms with Gasteiger partial charge in [0.1, 0.15) is 0 Å². The minimum atomic E-state index is -0.631. The molecule has 0 aromatic heterocycles.